The largest absolute Gasteiger partial charge is 0.444 e. The van der Waals surface area contributed by atoms with Crippen LogP contribution in [0.2, 0.25) is 0 Å². The molecule has 1 unspecified atom stereocenters. The third-order valence-corrected chi connectivity index (χ3v) is 7.32. The van der Waals surface area contributed by atoms with Crippen molar-refractivity contribution in [3.63, 3.8) is 0 Å². The van der Waals surface area contributed by atoms with E-state index < -0.39 is 35.3 Å². The number of hydrogen-bond acceptors (Lipinski definition) is 7. The zero-order valence-corrected chi connectivity index (χ0v) is 20.3. The molecule has 0 radical (unpaired) electrons. The van der Waals surface area contributed by atoms with Gasteiger partial charge in [-0.3, -0.25) is 29.4 Å². The van der Waals surface area contributed by atoms with Crippen LogP contribution in [-0.4, -0.2) is 77.3 Å². The molecule has 1 spiro atoms. The lowest BCUT2D eigenvalue weighted by atomic mass is 9.72. The van der Waals surface area contributed by atoms with Gasteiger partial charge < -0.3 is 14.5 Å². The van der Waals surface area contributed by atoms with Crippen LogP contribution >= 0.6 is 0 Å². The van der Waals surface area contributed by atoms with E-state index in [9.17, 15) is 24.0 Å². The Morgan fingerprint density at radius 1 is 1.03 bits per heavy atom. The lowest BCUT2D eigenvalue weighted by Crippen LogP contribution is -2.62. The van der Waals surface area contributed by atoms with E-state index in [1.807, 2.05) is 26.8 Å². The second-order valence-electron chi connectivity index (χ2n) is 11.0. The highest BCUT2D eigenvalue weighted by Gasteiger charge is 2.48. The lowest BCUT2D eigenvalue weighted by molar-refractivity contribution is -0.136. The predicted octanol–water partition coefficient (Wildman–Crippen LogP) is 1.93. The molecule has 3 fully saturated rings. The maximum absolute atomic E-state index is 13.1. The van der Waals surface area contributed by atoms with Gasteiger partial charge in [0.05, 0.1) is 11.1 Å². The van der Waals surface area contributed by atoms with Crippen molar-refractivity contribution in [3.8, 4) is 0 Å². The zero-order valence-electron chi connectivity index (χ0n) is 20.3. The van der Waals surface area contributed by atoms with E-state index in [0.717, 1.165) is 36.5 Å². The van der Waals surface area contributed by atoms with E-state index in [0.29, 0.717) is 13.1 Å². The Labute approximate surface area is 203 Å². The van der Waals surface area contributed by atoms with Gasteiger partial charge in [-0.25, -0.2) is 4.79 Å². The van der Waals surface area contributed by atoms with E-state index in [-0.39, 0.29) is 35.5 Å². The first-order valence-electron chi connectivity index (χ1n) is 12.0. The molecule has 1 atom stereocenters. The smallest absolute Gasteiger partial charge is 0.410 e. The van der Waals surface area contributed by atoms with Crippen LogP contribution in [0.15, 0.2) is 18.2 Å². The summed E-state index contributed by atoms with van der Waals surface area (Å²) in [5.74, 6) is -2.01. The van der Waals surface area contributed by atoms with Gasteiger partial charge in [-0.05, 0) is 58.2 Å². The molecular formula is C25H30N4O6. The molecule has 0 bridgehead atoms. The van der Waals surface area contributed by atoms with Crippen LogP contribution in [0.4, 0.5) is 10.5 Å². The summed E-state index contributed by atoms with van der Waals surface area (Å²) in [7, 11) is 0. The van der Waals surface area contributed by atoms with E-state index in [1.165, 1.54) is 0 Å². The Bertz CT molecular complexity index is 1120. The first-order valence-corrected chi connectivity index (χ1v) is 12.0. The number of hydrogen-bond donors (Lipinski definition) is 1. The third kappa shape index (κ3) is 4.15. The number of anilines is 1. The summed E-state index contributed by atoms with van der Waals surface area (Å²) in [6, 6.07) is 4.25. The summed E-state index contributed by atoms with van der Waals surface area (Å²) in [6.07, 6.45) is 1.79. The summed E-state index contributed by atoms with van der Waals surface area (Å²) < 4.78 is 5.46. The number of piperidine rings is 2. The van der Waals surface area contributed by atoms with Gasteiger partial charge in [0, 0.05) is 43.7 Å². The molecule has 1 aromatic rings. The van der Waals surface area contributed by atoms with Crippen molar-refractivity contribution < 1.29 is 28.7 Å². The predicted molar refractivity (Wildman–Crippen MR) is 125 cm³/mol. The molecule has 0 aromatic heterocycles. The van der Waals surface area contributed by atoms with Crippen LogP contribution < -0.4 is 10.2 Å². The van der Waals surface area contributed by atoms with Crippen molar-refractivity contribution in [2.75, 3.05) is 31.1 Å². The van der Waals surface area contributed by atoms with Gasteiger partial charge in [0.2, 0.25) is 11.8 Å². The molecule has 186 valence electrons. The molecule has 0 aliphatic carbocycles. The van der Waals surface area contributed by atoms with E-state index >= 15 is 0 Å². The molecule has 35 heavy (non-hydrogen) atoms. The number of nitrogens with one attached hydrogen (secondary N) is 1. The standard InChI is InChI=1S/C25H30N4O6/c1-24(2,3)35-23(34)28-13-25(14-28)8-10-27(11-9-25)15-4-5-16-17(12-15)22(33)29(21(16)32)18-6-7-19(30)26-20(18)31/h4-5,12,18H,6-11,13-14H2,1-3H3,(H,26,30,31). The van der Waals surface area contributed by atoms with Crippen LogP contribution in [-0.2, 0) is 14.3 Å². The van der Waals surface area contributed by atoms with Crippen LogP contribution in [0.25, 0.3) is 0 Å². The maximum atomic E-state index is 13.1. The Morgan fingerprint density at radius 2 is 1.69 bits per heavy atom. The summed E-state index contributed by atoms with van der Waals surface area (Å²) >= 11 is 0. The number of imide groups is 2. The number of nitrogens with zero attached hydrogens (tertiary/aromatic N) is 3. The Morgan fingerprint density at radius 3 is 2.31 bits per heavy atom. The average molecular weight is 483 g/mol. The second-order valence-corrected chi connectivity index (χ2v) is 11.0. The summed E-state index contributed by atoms with van der Waals surface area (Å²) in [6.45, 7) is 8.51. The van der Waals surface area contributed by atoms with Crippen molar-refractivity contribution in [3.05, 3.63) is 29.3 Å². The maximum Gasteiger partial charge on any atom is 0.410 e. The third-order valence-electron chi connectivity index (χ3n) is 7.32. The number of carbonyl (C=O) groups is 5. The Hall–Kier alpha value is -3.43. The van der Waals surface area contributed by atoms with Crippen molar-refractivity contribution in [2.45, 2.75) is 58.1 Å². The highest BCUT2D eigenvalue weighted by atomic mass is 16.6. The van der Waals surface area contributed by atoms with Gasteiger partial charge in [0.25, 0.3) is 11.8 Å². The highest BCUT2D eigenvalue weighted by Crippen LogP contribution is 2.42. The van der Waals surface area contributed by atoms with E-state index in [2.05, 4.69) is 10.2 Å². The van der Waals surface area contributed by atoms with Gasteiger partial charge >= 0.3 is 6.09 Å². The highest BCUT2D eigenvalue weighted by molar-refractivity contribution is 6.23. The first kappa shape index (κ1) is 23.3. The first-order chi connectivity index (χ1) is 16.5. The second kappa shape index (κ2) is 8.07. The number of benzene rings is 1. The molecule has 4 heterocycles. The summed E-state index contributed by atoms with van der Waals surface area (Å²) in [5, 5.41) is 2.21. The van der Waals surface area contributed by atoms with Gasteiger partial charge in [-0.1, -0.05) is 0 Å². The number of fused-ring (bicyclic) bond motifs is 1. The molecule has 0 saturated carbocycles. The molecule has 5 amide bonds. The number of likely N-dealkylation sites (tertiary alicyclic amines) is 1. The normalized spacial score (nSPS) is 23.9. The molecule has 10 nitrogen and oxygen atoms in total. The fourth-order valence-electron chi connectivity index (χ4n) is 5.43. The molecule has 5 rings (SSSR count). The van der Waals surface area contributed by atoms with Crippen LogP contribution in [0.5, 0.6) is 0 Å². The number of ether oxygens (including phenoxy) is 1. The van der Waals surface area contributed by atoms with Gasteiger partial charge in [-0.15, -0.1) is 0 Å². The van der Waals surface area contributed by atoms with Gasteiger partial charge in [-0.2, -0.15) is 0 Å². The molecule has 4 aliphatic rings. The molecular weight excluding hydrogens is 452 g/mol. The van der Waals surface area contributed by atoms with E-state index in [1.54, 1.807) is 17.0 Å². The molecule has 1 aromatic carbocycles. The lowest BCUT2D eigenvalue weighted by Gasteiger charge is -2.54. The minimum atomic E-state index is -0.968. The van der Waals surface area contributed by atoms with Crippen LogP contribution in [0.3, 0.4) is 0 Å². The van der Waals surface area contributed by atoms with E-state index in [4.69, 9.17) is 4.74 Å². The Balaban J connectivity index is 1.23. The monoisotopic (exact) mass is 482 g/mol. The molecule has 4 aliphatic heterocycles. The average Bonchev–Trinajstić information content (AvgIpc) is 3.01. The number of rotatable bonds is 2. The zero-order chi connectivity index (χ0) is 25.1. The molecule has 1 N–H and O–H groups in total. The number of carbonyl (C=O) groups excluding carboxylic acids is 5. The quantitative estimate of drug-likeness (QED) is 0.640. The summed E-state index contributed by atoms with van der Waals surface area (Å²) in [5.41, 5.74) is 1.01. The van der Waals surface area contributed by atoms with Crippen LogP contribution in [0.1, 0.15) is 67.2 Å². The fraction of sp³-hybridized carbons (Fsp3) is 0.560. The van der Waals surface area contributed by atoms with Crippen molar-refractivity contribution >= 4 is 35.4 Å². The minimum Gasteiger partial charge on any atom is -0.444 e. The van der Waals surface area contributed by atoms with Gasteiger partial charge in [0.15, 0.2) is 0 Å². The Kier molecular flexibility index (Phi) is 5.37. The van der Waals surface area contributed by atoms with Crippen molar-refractivity contribution in [2.24, 2.45) is 5.41 Å². The van der Waals surface area contributed by atoms with Crippen LogP contribution in [0, 0.1) is 5.41 Å². The fourth-order valence-corrected chi connectivity index (χ4v) is 5.43. The van der Waals surface area contributed by atoms with Crippen molar-refractivity contribution in [1.29, 1.82) is 0 Å². The van der Waals surface area contributed by atoms with Gasteiger partial charge in [0.1, 0.15) is 11.6 Å². The summed E-state index contributed by atoms with van der Waals surface area (Å²) in [4.78, 5) is 66.9. The van der Waals surface area contributed by atoms with Crippen molar-refractivity contribution in [1.82, 2.24) is 15.1 Å². The molecule has 10 heteroatoms. The topological polar surface area (TPSA) is 116 Å². The minimum absolute atomic E-state index is 0.0932. The number of amides is 5. The SMILES string of the molecule is CC(C)(C)OC(=O)N1CC2(CCN(c3ccc4c(c3)C(=O)N(C3CCC(=O)NC3=O)C4=O)CC2)C1. The molecule has 3 saturated heterocycles.